The number of nitrogens with one attached hydrogen (secondary N) is 4. The standard InChI is InChI=1S/C31H36N10/c1-20(13-21-3-6-32-7-4-21)36-24-14-22(17-33-19-24)23-15-26-29(38-39-31(26)35-18-23)27-16-25-28(5-8-34-30(25)37-27)41-11-9-40(2)10-12-41/h5,8,14-19,21,32,36H,1,3-4,6-7,9-13H2,2H3,(H,34,37)(H,35,38,39). The van der Waals surface area contributed by atoms with Gasteiger partial charge in [0.2, 0.25) is 0 Å². The van der Waals surface area contributed by atoms with E-state index in [4.69, 9.17) is 0 Å². The van der Waals surface area contributed by atoms with Gasteiger partial charge in [0.15, 0.2) is 5.65 Å². The Morgan fingerprint density at radius 2 is 1.83 bits per heavy atom. The number of anilines is 2. The van der Waals surface area contributed by atoms with Crippen LogP contribution in [0.15, 0.2) is 61.3 Å². The summed E-state index contributed by atoms with van der Waals surface area (Å²) < 4.78 is 0. The van der Waals surface area contributed by atoms with Gasteiger partial charge < -0.3 is 25.4 Å². The van der Waals surface area contributed by atoms with Crippen molar-refractivity contribution in [3.8, 4) is 22.5 Å². The van der Waals surface area contributed by atoms with Crippen LogP contribution in [0.1, 0.15) is 19.3 Å². The summed E-state index contributed by atoms with van der Waals surface area (Å²) in [5.74, 6) is 0.677. The van der Waals surface area contributed by atoms with Crippen molar-refractivity contribution in [2.45, 2.75) is 19.3 Å². The molecule has 0 aromatic carbocycles. The second kappa shape index (κ2) is 10.9. The van der Waals surface area contributed by atoms with Crippen LogP contribution in [0.2, 0.25) is 0 Å². The van der Waals surface area contributed by atoms with Crippen molar-refractivity contribution in [1.29, 1.82) is 0 Å². The van der Waals surface area contributed by atoms with Gasteiger partial charge in [-0.05, 0) is 69.6 Å². The number of allylic oxidation sites excluding steroid dienone is 1. The smallest absolute Gasteiger partial charge is 0.181 e. The Hall–Kier alpha value is -4.28. The topological polar surface area (TPSA) is 114 Å². The van der Waals surface area contributed by atoms with E-state index >= 15 is 0 Å². The second-order valence-electron chi connectivity index (χ2n) is 11.3. The molecule has 2 fully saturated rings. The summed E-state index contributed by atoms with van der Waals surface area (Å²) >= 11 is 0. The van der Waals surface area contributed by atoms with Gasteiger partial charge in [-0.15, -0.1) is 0 Å². The number of fused-ring (bicyclic) bond motifs is 2. The minimum atomic E-state index is 0.673. The third-order valence-electron chi connectivity index (χ3n) is 8.42. The average molecular weight is 549 g/mol. The number of H-pyrrole nitrogens is 2. The minimum absolute atomic E-state index is 0.673. The number of piperazine rings is 1. The van der Waals surface area contributed by atoms with E-state index in [0.717, 1.165) is 96.0 Å². The molecule has 5 aromatic rings. The Bertz CT molecular complexity index is 1690. The number of aromatic amines is 2. The van der Waals surface area contributed by atoms with Gasteiger partial charge in [0.1, 0.15) is 5.65 Å². The SMILES string of the molecule is C=C(CC1CCNCC1)Nc1cncc(-c2cnc3n[nH]c(-c4cc5c(N6CCN(C)CC6)ccnc5[nH]4)c3c2)c1. The molecular weight excluding hydrogens is 512 g/mol. The van der Waals surface area contributed by atoms with Crippen molar-refractivity contribution in [3.05, 3.63) is 61.3 Å². The van der Waals surface area contributed by atoms with Crippen LogP contribution in [-0.2, 0) is 0 Å². The van der Waals surface area contributed by atoms with Crippen molar-refractivity contribution >= 4 is 33.4 Å². The maximum Gasteiger partial charge on any atom is 0.181 e. The minimum Gasteiger partial charge on any atom is -0.368 e. The molecule has 7 rings (SSSR count). The Morgan fingerprint density at radius 3 is 2.68 bits per heavy atom. The molecule has 4 N–H and O–H groups in total. The fraction of sp³-hybridized carbons (Fsp3) is 0.355. The Balaban J connectivity index is 1.16. The maximum atomic E-state index is 4.67. The molecule has 0 amide bonds. The fourth-order valence-electron chi connectivity index (χ4n) is 6.09. The third kappa shape index (κ3) is 5.28. The molecule has 0 atom stereocenters. The van der Waals surface area contributed by atoms with Gasteiger partial charge in [-0.25, -0.2) is 9.97 Å². The summed E-state index contributed by atoms with van der Waals surface area (Å²) in [6, 6.07) is 8.53. The average Bonchev–Trinajstić information content (AvgIpc) is 3.62. The predicted molar refractivity (Wildman–Crippen MR) is 165 cm³/mol. The van der Waals surface area contributed by atoms with Crippen LogP contribution in [0.4, 0.5) is 11.4 Å². The number of aromatic nitrogens is 6. The van der Waals surface area contributed by atoms with Gasteiger partial charge in [0, 0.05) is 78.1 Å². The first-order valence-electron chi connectivity index (χ1n) is 14.5. The fourth-order valence-corrected chi connectivity index (χ4v) is 6.09. The van der Waals surface area contributed by atoms with Crippen LogP contribution in [0.25, 0.3) is 44.6 Å². The lowest BCUT2D eigenvalue weighted by molar-refractivity contribution is 0.313. The molecule has 0 bridgehead atoms. The Morgan fingerprint density at radius 1 is 1.00 bits per heavy atom. The summed E-state index contributed by atoms with van der Waals surface area (Å²) in [6.07, 6.45) is 10.8. The number of piperidine rings is 1. The molecule has 0 spiro atoms. The lowest BCUT2D eigenvalue weighted by Crippen LogP contribution is -2.44. The van der Waals surface area contributed by atoms with Crippen molar-refractivity contribution in [2.75, 3.05) is 56.5 Å². The van der Waals surface area contributed by atoms with E-state index in [2.05, 4.69) is 88.5 Å². The molecular formula is C31H36N10. The van der Waals surface area contributed by atoms with E-state index in [1.165, 1.54) is 18.5 Å². The highest BCUT2D eigenvalue weighted by molar-refractivity contribution is 5.98. The Kier molecular flexibility index (Phi) is 6.85. The molecule has 0 radical (unpaired) electrons. The summed E-state index contributed by atoms with van der Waals surface area (Å²) in [5.41, 5.74) is 8.53. The summed E-state index contributed by atoms with van der Waals surface area (Å²) in [4.78, 5) is 22.1. The molecule has 41 heavy (non-hydrogen) atoms. The number of rotatable bonds is 7. The predicted octanol–water partition coefficient (Wildman–Crippen LogP) is 4.63. The second-order valence-corrected chi connectivity index (χ2v) is 11.3. The third-order valence-corrected chi connectivity index (χ3v) is 8.42. The lowest BCUT2D eigenvalue weighted by Gasteiger charge is -2.34. The number of hydrogen-bond donors (Lipinski definition) is 4. The first-order chi connectivity index (χ1) is 20.1. The summed E-state index contributed by atoms with van der Waals surface area (Å²) in [6.45, 7) is 10.6. The van der Waals surface area contributed by atoms with E-state index in [1.807, 2.05) is 24.8 Å². The number of nitrogens with zero attached hydrogens (tertiary/aromatic N) is 6. The number of likely N-dealkylation sites (N-methyl/N-ethyl adjacent to an activating group) is 1. The molecule has 2 aliphatic rings. The van der Waals surface area contributed by atoms with Gasteiger partial charge in [-0.3, -0.25) is 10.1 Å². The van der Waals surface area contributed by atoms with Crippen LogP contribution in [0.5, 0.6) is 0 Å². The quantitative estimate of drug-likeness (QED) is 0.233. The van der Waals surface area contributed by atoms with Gasteiger partial charge in [0.25, 0.3) is 0 Å². The van der Waals surface area contributed by atoms with Gasteiger partial charge >= 0.3 is 0 Å². The molecule has 0 saturated carbocycles. The van der Waals surface area contributed by atoms with E-state index in [0.29, 0.717) is 11.6 Å². The Labute approximate surface area is 239 Å². The molecule has 0 aliphatic carbocycles. The van der Waals surface area contributed by atoms with Gasteiger partial charge in [0.05, 0.1) is 23.3 Å². The summed E-state index contributed by atoms with van der Waals surface area (Å²) in [5, 5.41) is 16.7. The van der Waals surface area contributed by atoms with Crippen LogP contribution in [0, 0.1) is 5.92 Å². The lowest BCUT2D eigenvalue weighted by atomic mass is 9.93. The van der Waals surface area contributed by atoms with Crippen LogP contribution >= 0.6 is 0 Å². The van der Waals surface area contributed by atoms with E-state index in [-0.39, 0.29) is 0 Å². The number of pyridine rings is 3. The normalized spacial score (nSPS) is 17.0. The van der Waals surface area contributed by atoms with Crippen LogP contribution in [0.3, 0.4) is 0 Å². The molecule has 210 valence electrons. The number of hydrogen-bond acceptors (Lipinski definition) is 8. The zero-order valence-corrected chi connectivity index (χ0v) is 23.5. The van der Waals surface area contributed by atoms with Gasteiger partial charge in [-0.2, -0.15) is 5.10 Å². The molecule has 7 heterocycles. The van der Waals surface area contributed by atoms with Gasteiger partial charge in [-0.1, -0.05) is 6.58 Å². The van der Waals surface area contributed by atoms with Crippen molar-refractivity contribution in [3.63, 3.8) is 0 Å². The van der Waals surface area contributed by atoms with E-state index in [1.54, 1.807) is 0 Å². The molecule has 2 aliphatic heterocycles. The largest absolute Gasteiger partial charge is 0.368 e. The molecule has 0 unspecified atom stereocenters. The van der Waals surface area contributed by atoms with Crippen molar-refractivity contribution < 1.29 is 0 Å². The molecule has 10 nitrogen and oxygen atoms in total. The van der Waals surface area contributed by atoms with E-state index < -0.39 is 0 Å². The van der Waals surface area contributed by atoms with E-state index in [9.17, 15) is 0 Å². The first-order valence-corrected chi connectivity index (χ1v) is 14.5. The maximum absolute atomic E-state index is 4.67. The zero-order chi connectivity index (χ0) is 27.8. The van der Waals surface area contributed by atoms with Crippen LogP contribution < -0.4 is 15.5 Å². The van der Waals surface area contributed by atoms with Crippen molar-refractivity contribution in [2.24, 2.45) is 5.92 Å². The first kappa shape index (κ1) is 25.7. The highest BCUT2D eigenvalue weighted by Crippen LogP contribution is 2.34. The zero-order valence-electron chi connectivity index (χ0n) is 23.5. The highest BCUT2D eigenvalue weighted by Gasteiger charge is 2.20. The summed E-state index contributed by atoms with van der Waals surface area (Å²) in [7, 11) is 2.18. The molecule has 10 heteroatoms. The highest BCUT2D eigenvalue weighted by atomic mass is 15.2. The van der Waals surface area contributed by atoms with Crippen molar-refractivity contribution in [1.82, 2.24) is 40.3 Å². The van der Waals surface area contributed by atoms with Crippen LogP contribution in [-0.4, -0.2) is 81.3 Å². The monoisotopic (exact) mass is 548 g/mol. The molecule has 5 aromatic heterocycles. The molecule has 2 saturated heterocycles.